The second-order valence-corrected chi connectivity index (χ2v) is 5.13. The van der Waals surface area contributed by atoms with Gasteiger partial charge < -0.3 is 15.3 Å². The molecule has 1 aromatic rings. The van der Waals surface area contributed by atoms with Crippen molar-refractivity contribution in [2.24, 2.45) is 4.99 Å². The van der Waals surface area contributed by atoms with Crippen LogP contribution in [0.15, 0.2) is 59.4 Å². The highest BCUT2D eigenvalue weighted by molar-refractivity contribution is 6.01. The van der Waals surface area contributed by atoms with Crippen molar-refractivity contribution in [3.8, 4) is 0 Å². The fourth-order valence-corrected chi connectivity index (χ4v) is 2.27. The van der Waals surface area contributed by atoms with Crippen LogP contribution in [0.5, 0.6) is 0 Å². The van der Waals surface area contributed by atoms with E-state index in [1.54, 1.807) is 19.2 Å². The second-order valence-electron chi connectivity index (χ2n) is 5.13. The number of pyridine rings is 1. The van der Waals surface area contributed by atoms with E-state index in [0.29, 0.717) is 11.4 Å². The first-order valence-electron chi connectivity index (χ1n) is 7.46. The number of allylic oxidation sites excluding steroid dienone is 1. The molecule has 2 N–H and O–H groups in total. The summed E-state index contributed by atoms with van der Waals surface area (Å²) in [5, 5.41) is 12.9. The number of aromatic nitrogens is 1. The summed E-state index contributed by atoms with van der Waals surface area (Å²) in [7, 11) is 1.61. The highest BCUT2D eigenvalue weighted by Gasteiger charge is 2.18. The van der Waals surface area contributed by atoms with E-state index >= 15 is 0 Å². The van der Waals surface area contributed by atoms with Gasteiger partial charge in [0.2, 0.25) is 5.95 Å². The van der Waals surface area contributed by atoms with Crippen LogP contribution in [0.4, 0.5) is 8.78 Å². The predicted molar refractivity (Wildman–Crippen MR) is 89.3 cm³/mol. The van der Waals surface area contributed by atoms with Crippen LogP contribution in [-0.4, -0.2) is 40.9 Å². The van der Waals surface area contributed by atoms with Gasteiger partial charge in [-0.2, -0.15) is 4.39 Å². The normalized spacial score (nSPS) is 19.5. The fourth-order valence-electron chi connectivity index (χ4n) is 2.27. The minimum atomic E-state index is -0.996. The Hall–Kier alpha value is -2.54. The standard InChI is InChI=1S/C17H20F2N4O/c1-3-4-14(12-5-7-15(19)21-9-12)22-17(20-2)13-6-8-16(24)23(10-13)11-18/h3-10,14,16,24H,11H2,1-2H3,(H,20,22). The number of nitrogens with zero attached hydrogens (tertiary/aromatic N) is 3. The van der Waals surface area contributed by atoms with Crippen LogP contribution >= 0.6 is 0 Å². The maximum atomic E-state index is 13.0. The number of hydrogen-bond donors (Lipinski definition) is 2. The van der Waals surface area contributed by atoms with E-state index in [9.17, 15) is 13.9 Å². The van der Waals surface area contributed by atoms with Crippen LogP contribution in [0.3, 0.4) is 0 Å². The van der Waals surface area contributed by atoms with Crippen LogP contribution in [0, 0.1) is 5.95 Å². The monoisotopic (exact) mass is 334 g/mol. The lowest BCUT2D eigenvalue weighted by molar-refractivity contribution is 0.0479. The van der Waals surface area contributed by atoms with Crippen LogP contribution in [0.25, 0.3) is 0 Å². The minimum absolute atomic E-state index is 0.276. The third-order valence-electron chi connectivity index (χ3n) is 3.51. The van der Waals surface area contributed by atoms with Crippen molar-refractivity contribution in [1.29, 1.82) is 0 Å². The summed E-state index contributed by atoms with van der Waals surface area (Å²) in [5.41, 5.74) is 1.39. The molecule has 128 valence electrons. The summed E-state index contributed by atoms with van der Waals surface area (Å²) in [5.74, 6) is -0.0307. The molecule has 0 aromatic carbocycles. The van der Waals surface area contributed by atoms with E-state index in [0.717, 1.165) is 10.5 Å². The first kappa shape index (κ1) is 17.8. The second kappa shape index (κ2) is 8.35. The quantitative estimate of drug-likeness (QED) is 0.285. The lowest BCUT2D eigenvalue weighted by Crippen LogP contribution is -2.35. The van der Waals surface area contributed by atoms with Gasteiger partial charge in [-0.1, -0.05) is 18.2 Å². The van der Waals surface area contributed by atoms with E-state index in [1.807, 2.05) is 19.1 Å². The first-order valence-corrected chi connectivity index (χ1v) is 7.46. The number of aliphatic hydroxyl groups excluding tert-OH is 1. The van der Waals surface area contributed by atoms with Gasteiger partial charge in [0.05, 0.1) is 6.04 Å². The number of amidine groups is 1. The summed E-state index contributed by atoms with van der Waals surface area (Å²) in [6, 6.07) is 2.65. The molecule has 0 aliphatic carbocycles. The number of hydrogen-bond acceptors (Lipinski definition) is 4. The molecular weight excluding hydrogens is 314 g/mol. The third-order valence-corrected chi connectivity index (χ3v) is 3.51. The molecule has 0 fully saturated rings. The third kappa shape index (κ3) is 4.26. The Morgan fingerprint density at radius 1 is 1.54 bits per heavy atom. The molecule has 0 radical (unpaired) electrons. The van der Waals surface area contributed by atoms with Crippen molar-refractivity contribution in [1.82, 2.24) is 15.2 Å². The number of rotatable bonds is 5. The van der Waals surface area contributed by atoms with Gasteiger partial charge >= 0.3 is 0 Å². The molecule has 0 saturated carbocycles. The fraction of sp³-hybridized carbons (Fsp3) is 0.294. The van der Waals surface area contributed by atoms with Gasteiger partial charge in [0.15, 0.2) is 6.80 Å². The van der Waals surface area contributed by atoms with Crippen LogP contribution in [0.1, 0.15) is 18.5 Å². The molecule has 1 aliphatic heterocycles. The molecule has 2 rings (SSSR count). The van der Waals surface area contributed by atoms with Crippen LogP contribution in [0.2, 0.25) is 0 Å². The molecule has 1 aromatic heterocycles. The van der Waals surface area contributed by atoms with Crippen molar-refractivity contribution in [2.45, 2.75) is 19.2 Å². The number of aliphatic imine (C=N–C) groups is 1. The Labute approximate surface area is 139 Å². The molecule has 0 saturated heterocycles. The van der Waals surface area contributed by atoms with Gasteiger partial charge in [-0.15, -0.1) is 0 Å². The van der Waals surface area contributed by atoms with Crippen LogP contribution in [-0.2, 0) is 0 Å². The Bertz CT molecular complexity index is 668. The number of alkyl halides is 1. The summed E-state index contributed by atoms with van der Waals surface area (Å²) < 4.78 is 25.9. The maximum absolute atomic E-state index is 13.0. The van der Waals surface area contributed by atoms with Crippen molar-refractivity contribution in [3.63, 3.8) is 0 Å². The van der Waals surface area contributed by atoms with E-state index in [2.05, 4.69) is 15.3 Å². The highest BCUT2D eigenvalue weighted by atomic mass is 19.1. The first-order chi connectivity index (χ1) is 11.6. The Balaban J connectivity index is 2.24. The van der Waals surface area contributed by atoms with Crippen molar-refractivity contribution in [3.05, 3.63) is 65.9 Å². The lowest BCUT2D eigenvalue weighted by Gasteiger charge is -2.26. The molecule has 7 heteroatoms. The molecule has 2 unspecified atom stereocenters. The Morgan fingerprint density at radius 2 is 2.33 bits per heavy atom. The number of nitrogens with one attached hydrogen (secondary N) is 1. The van der Waals surface area contributed by atoms with Gasteiger partial charge in [-0.25, -0.2) is 9.37 Å². The molecule has 0 bridgehead atoms. The zero-order valence-electron chi connectivity index (χ0n) is 13.5. The minimum Gasteiger partial charge on any atom is -0.370 e. The summed E-state index contributed by atoms with van der Waals surface area (Å²) >= 11 is 0. The number of halogens is 2. The molecule has 1 aliphatic rings. The molecule has 2 heterocycles. The molecule has 2 atom stereocenters. The van der Waals surface area contributed by atoms with E-state index in [-0.39, 0.29) is 6.04 Å². The molecule has 0 spiro atoms. The lowest BCUT2D eigenvalue weighted by atomic mass is 10.1. The molecule has 5 nitrogen and oxygen atoms in total. The highest BCUT2D eigenvalue weighted by Crippen LogP contribution is 2.18. The summed E-state index contributed by atoms with van der Waals surface area (Å²) in [6.07, 6.45) is 8.84. The largest absolute Gasteiger partial charge is 0.370 e. The maximum Gasteiger partial charge on any atom is 0.212 e. The zero-order valence-corrected chi connectivity index (χ0v) is 13.5. The molecule has 24 heavy (non-hydrogen) atoms. The van der Waals surface area contributed by atoms with E-state index < -0.39 is 19.0 Å². The number of aliphatic hydroxyl groups is 1. The average Bonchev–Trinajstić information content (AvgIpc) is 2.60. The van der Waals surface area contributed by atoms with Crippen LogP contribution < -0.4 is 5.32 Å². The van der Waals surface area contributed by atoms with Crippen molar-refractivity contribution >= 4 is 5.84 Å². The zero-order chi connectivity index (χ0) is 17.5. The summed E-state index contributed by atoms with van der Waals surface area (Å²) in [4.78, 5) is 9.01. The smallest absolute Gasteiger partial charge is 0.212 e. The van der Waals surface area contributed by atoms with Gasteiger partial charge in [0, 0.05) is 25.0 Å². The Morgan fingerprint density at radius 3 is 2.92 bits per heavy atom. The van der Waals surface area contributed by atoms with E-state index in [4.69, 9.17) is 0 Å². The summed E-state index contributed by atoms with van der Waals surface area (Å²) in [6.45, 7) is 1.06. The van der Waals surface area contributed by atoms with Crippen molar-refractivity contribution in [2.75, 3.05) is 13.8 Å². The van der Waals surface area contributed by atoms with Crippen molar-refractivity contribution < 1.29 is 13.9 Å². The molecular formula is C17H20F2N4O. The SMILES string of the molecule is CC=CC(NC(=NC)C1=CN(CF)C(O)C=C1)c1ccc(F)nc1. The van der Waals surface area contributed by atoms with Gasteiger partial charge in [-0.3, -0.25) is 4.99 Å². The molecule has 0 amide bonds. The van der Waals surface area contributed by atoms with E-state index in [1.165, 1.54) is 24.5 Å². The van der Waals surface area contributed by atoms with Gasteiger partial charge in [-0.05, 0) is 30.7 Å². The topological polar surface area (TPSA) is 60.8 Å². The van der Waals surface area contributed by atoms with Gasteiger partial charge in [0.1, 0.15) is 12.1 Å². The Kier molecular flexibility index (Phi) is 6.20. The predicted octanol–water partition coefficient (Wildman–Crippen LogP) is 2.46. The van der Waals surface area contributed by atoms with Gasteiger partial charge in [0.25, 0.3) is 0 Å². The average molecular weight is 334 g/mol.